The number of carbonyl (C=O) groups excluding carboxylic acids is 1. The second-order valence-corrected chi connectivity index (χ2v) is 2.33. The highest BCUT2D eigenvalue weighted by Gasteiger charge is 2.28. The number of cyclic esters (lactones) is 1. The van der Waals surface area contributed by atoms with Gasteiger partial charge in [-0.1, -0.05) is 6.08 Å². The van der Waals surface area contributed by atoms with Gasteiger partial charge in [0.15, 0.2) is 0 Å². The average molecular weight is 126 g/mol. The molecule has 0 radical (unpaired) electrons. The first-order chi connectivity index (χ1) is 4.24. The van der Waals surface area contributed by atoms with Crippen molar-refractivity contribution in [1.29, 1.82) is 0 Å². The Morgan fingerprint density at radius 3 is 2.78 bits per heavy atom. The number of rotatable bonds is 1. The minimum atomic E-state index is -0.127. The lowest BCUT2D eigenvalue weighted by Crippen LogP contribution is -2.03. The zero-order valence-electron chi connectivity index (χ0n) is 5.46. The first kappa shape index (κ1) is 6.33. The van der Waals surface area contributed by atoms with Crippen molar-refractivity contribution in [3.8, 4) is 0 Å². The molecule has 0 aromatic carbocycles. The number of ether oxygens (including phenoxy) is 1. The van der Waals surface area contributed by atoms with E-state index in [2.05, 4.69) is 6.58 Å². The first-order valence-electron chi connectivity index (χ1n) is 3.07. The molecule has 1 aliphatic heterocycles. The van der Waals surface area contributed by atoms with E-state index in [-0.39, 0.29) is 18.0 Å². The second kappa shape index (κ2) is 2.21. The van der Waals surface area contributed by atoms with Crippen LogP contribution in [-0.2, 0) is 9.53 Å². The number of carbonyl (C=O) groups is 1. The van der Waals surface area contributed by atoms with Gasteiger partial charge in [-0.2, -0.15) is 0 Å². The summed E-state index contributed by atoms with van der Waals surface area (Å²) in [6, 6.07) is 0. The Hall–Kier alpha value is -0.790. The van der Waals surface area contributed by atoms with Gasteiger partial charge < -0.3 is 4.74 Å². The third kappa shape index (κ3) is 1.12. The molecule has 2 atom stereocenters. The smallest absolute Gasteiger partial charge is 0.313 e. The molecule has 2 heteroatoms. The monoisotopic (exact) mass is 126 g/mol. The third-order valence-electron chi connectivity index (χ3n) is 1.49. The SMILES string of the molecule is C=C[C@@H]1C[C@H](C)OC1=O. The Labute approximate surface area is 54.5 Å². The maximum atomic E-state index is 10.7. The van der Waals surface area contributed by atoms with Crippen molar-refractivity contribution in [3.05, 3.63) is 12.7 Å². The lowest BCUT2D eigenvalue weighted by Gasteiger charge is -1.95. The Kier molecular flexibility index (Phi) is 1.56. The van der Waals surface area contributed by atoms with Gasteiger partial charge in [-0.15, -0.1) is 6.58 Å². The van der Waals surface area contributed by atoms with Crippen LogP contribution in [0.25, 0.3) is 0 Å². The summed E-state index contributed by atoms with van der Waals surface area (Å²) in [7, 11) is 0. The van der Waals surface area contributed by atoms with Crippen LogP contribution in [0.2, 0.25) is 0 Å². The highest BCUT2D eigenvalue weighted by Crippen LogP contribution is 2.20. The van der Waals surface area contributed by atoms with Crippen LogP contribution in [0.3, 0.4) is 0 Å². The lowest BCUT2D eigenvalue weighted by molar-refractivity contribution is -0.142. The first-order valence-corrected chi connectivity index (χ1v) is 3.07. The minimum Gasteiger partial charge on any atom is -0.462 e. The van der Waals surface area contributed by atoms with Crippen molar-refractivity contribution in [2.75, 3.05) is 0 Å². The van der Waals surface area contributed by atoms with E-state index in [1.807, 2.05) is 6.92 Å². The molecule has 0 unspecified atom stereocenters. The largest absolute Gasteiger partial charge is 0.462 e. The summed E-state index contributed by atoms with van der Waals surface area (Å²) in [5.74, 6) is -0.183. The maximum absolute atomic E-state index is 10.7. The molecule has 0 amide bonds. The number of esters is 1. The van der Waals surface area contributed by atoms with E-state index in [1.165, 1.54) is 0 Å². The summed E-state index contributed by atoms with van der Waals surface area (Å²) >= 11 is 0. The van der Waals surface area contributed by atoms with E-state index in [1.54, 1.807) is 6.08 Å². The van der Waals surface area contributed by atoms with Crippen molar-refractivity contribution >= 4 is 5.97 Å². The Morgan fingerprint density at radius 1 is 1.89 bits per heavy atom. The van der Waals surface area contributed by atoms with Crippen molar-refractivity contribution in [3.63, 3.8) is 0 Å². The third-order valence-corrected chi connectivity index (χ3v) is 1.49. The van der Waals surface area contributed by atoms with Gasteiger partial charge >= 0.3 is 5.97 Å². The van der Waals surface area contributed by atoms with Crippen LogP contribution < -0.4 is 0 Å². The Balaban J connectivity index is 2.57. The molecule has 2 nitrogen and oxygen atoms in total. The second-order valence-electron chi connectivity index (χ2n) is 2.33. The van der Waals surface area contributed by atoms with Gasteiger partial charge in [0, 0.05) is 6.42 Å². The van der Waals surface area contributed by atoms with Gasteiger partial charge in [-0.05, 0) is 6.92 Å². The lowest BCUT2D eigenvalue weighted by atomic mass is 10.1. The fourth-order valence-electron chi connectivity index (χ4n) is 0.980. The molecule has 9 heavy (non-hydrogen) atoms. The van der Waals surface area contributed by atoms with Gasteiger partial charge in [0.05, 0.1) is 5.92 Å². The molecule has 0 spiro atoms. The van der Waals surface area contributed by atoms with E-state index >= 15 is 0 Å². The van der Waals surface area contributed by atoms with Gasteiger partial charge in [0.2, 0.25) is 0 Å². The normalized spacial score (nSPS) is 34.1. The van der Waals surface area contributed by atoms with Crippen LogP contribution in [0.4, 0.5) is 0 Å². The minimum absolute atomic E-state index is 0.0556. The van der Waals surface area contributed by atoms with Crippen LogP contribution in [0.1, 0.15) is 13.3 Å². The summed E-state index contributed by atoms with van der Waals surface area (Å²) in [4.78, 5) is 10.7. The molecule has 0 bridgehead atoms. The topological polar surface area (TPSA) is 26.3 Å². The molecule has 1 saturated heterocycles. The number of hydrogen-bond acceptors (Lipinski definition) is 2. The summed E-state index contributed by atoms with van der Waals surface area (Å²) in [5, 5.41) is 0. The fourth-order valence-corrected chi connectivity index (χ4v) is 0.980. The van der Waals surface area contributed by atoms with Gasteiger partial charge in [-0.25, -0.2) is 0 Å². The summed E-state index contributed by atoms with van der Waals surface area (Å²) in [6.45, 7) is 5.42. The van der Waals surface area contributed by atoms with E-state index in [9.17, 15) is 4.79 Å². The highest BCUT2D eigenvalue weighted by atomic mass is 16.5. The van der Waals surface area contributed by atoms with Crippen molar-refractivity contribution in [2.45, 2.75) is 19.4 Å². The van der Waals surface area contributed by atoms with E-state index in [0.29, 0.717) is 0 Å². The molecule has 0 aromatic heterocycles. The molecule has 1 heterocycles. The number of hydrogen-bond donors (Lipinski definition) is 0. The molecule has 50 valence electrons. The van der Waals surface area contributed by atoms with E-state index < -0.39 is 0 Å². The molecule has 0 aromatic rings. The molecule has 0 saturated carbocycles. The van der Waals surface area contributed by atoms with Gasteiger partial charge in [0.25, 0.3) is 0 Å². The van der Waals surface area contributed by atoms with Gasteiger partial charge in [0.1, 0.15) is 6.10 Å². The van der Waals surface area contributed by atoms with Crippen LogP contribution in [0.15, 0.2) is 12.7 Å². The molecule has 0 N–H and O–H groups in total. The Morgan fingerprint density at radius 2 is 2.56 bits per heavy atom. The molecule has 1 aliphatic rings. The standard InChI is InChI=1S/C7H10O2/c1-3-6-4-5(2)9-7(6)8/h3,5-6H,1,4H2,2H3/t5-,6+/m0/s1. The molecule has 0 aliphatic carbocycles. The zero-order chi connectivity index (χ0) is 6.85. The zero-order valence-corrected chi connectivity index (χ0v) is 5.46. The van der Waals surface area contributed by atoms with Crippen molar-refractivity contribution in [2.24, 2.45) is 5.92 Å². The Bertz CT molecular complexity index is 140. The predicted octanol–water partition coefficient (Wildman–Crippen LogP) is 1.12. The van der Waals surface area contributed by atoms with Crippen molar-refractivity contribution < 1.29 is 9.53 Å². The average Bonchev–Trinajstić information content (AvgIpc) is 2.10. The highest BCUT2D eigenvalue weighted by molar-refractivity contribution is 5.76. The quantitative estimate of drug-likeness (QED) is 0.389. The van der Waals surface area contributed by atoms with Gasteiger partial charge in [-0.3, -0.25) is 4.79 Å². The summed E-state index contributed by atoms with van der Waals surface area (Å²) in [5.41, 5.74) is 0. The molecular formula is C7H10O2. The summed E-state index contributed by atoms with van der Waals surface area (Å²) < 4.78 is 4.85. The van der Waals surface area contributed by atoms with E-state index in [4.69, 9.17) is 4.74 Å². The van der Waals surface area contributed by atoms with Crippen LogP contribution >= 0.6 is 0 Å². The summed E-state index contributed by atoms with van der Waals surface area (Å²) in [6.07, 6.45) is 2.52. The predicted molar refractivity (Wildman–Crippen MR) is 33.9 cm³/mol. The molecule has 1 rings (SSSR count). The van der Waals surface area contributed by atoms with Crippen LogP contribution in [0.5, 0.6) is 0 Å². The fraction of sp³-hybridized carbons (Fsp3) is 0.571. The van der Waals surface area contributed by atoms with Crippen molar-refractivity contribution in [1.82, 2.24) is 0 Å². The molecule has 1 fully saturated rings. The maximum Gasteiger partial charge on any atom is 0.313 e. The van der Waals surface area contributed by atoms with Crippen LogP contribution in [0, 0.1) is 5.92 Å². The van der Waals surface area contributed by atoms with Crippen LogP contribution in [-0.4, -0.2) is 12.1 Å². The van der Waals surface area contributed by atoms with E-state index in [0.717, 1.165) is 6.42 Å². The molecular weight excluding hydrogens is 116 g/mol.